The molecule has 2 amide bonds. The van der Waals surface area contributed by atoms with Crippen LogP contribution in [0.15, 0.2) is 16.9 Å². The highest BCUT2D eigenvalue weighted by atomic mass is 16.5. The topological polar surface area (TPSA) is 75.4 Å². The molecule has 0 aliphatic rings. The molecule has 0 aliphatic carbocycles. The Morgan fingerprint density at radius 3 is 2.52 bits per heavy atom. The Morgan fingerprint density at radius 2 is 1.87 bits per heavy atom. The summed E-state index contributed by atoms with van der Waals surface area (Å²) in [6.07, 6.45) is 9.63. The van der Waals surface area contributed by atoms with Crippen molar-refractivity contribution in [1.82, 2.24) is 10.1 Å². The largest absolute Gasteiger partial charge is 0.363 e. The van der Waals surface area contributed by atoms with Gasteiger partial charge in [-0.15, -0.1) is 0 Å². The summed E-state index contributed by atoms with van der Waals surface area (Å²) in [5.41, 5.74) is 0. The van der Waals surface area contributed by atoms with Crippen LogP contribution in [0, 0.1) is 0 Å². The first-order valence-electron chi connectivity index (χ1n) is 8.65. The highest BCUT2D eigenvalue weighted by molar-refractivity contribution is 5.93. The molecule has 0 spiro atoms. The molecule has 0 aromatic carbocycles. The lowest BCUT2D eigenvalue weighted by Gasteiger charge is -2.21. The Bertz CT molecular complexity index is 446. The van der Waals surface area contributed by atoms with Gasteiger partial charge in [0.15, 0.2) is 5.82 Å². The van der Waals surface area contributed by atoms with E-state index in [0.29, 0.717) is 18.8 Å². The van der Waals surface area contributed by atoms with Gasteiger partial charge >= 0.3 is 0 Å². The summed E-state index contributed by atoms with van der Waals surface area (Å²) in [6, 6.07) is 1.57. The second kappa shape index (κ2) is 11.7. The van der Waals surface area contributed by atoms with Crippen LogP contribution in [0.4, 0.5) is 5.82 Å². The van der Waals surface area contributed by atoms with E-state index in [0.717, 1.165) is 19.3 Å². The van der Waals surface area contributed by atoms with E-state index in [2.05, 4.69) is 21.9 Å². The lowest BCUT2D eigenvalue weighted by molar-refractivity contribution is -0.134. The molecule has 0 aliphatic heterocycles. The van der Waals surface area contributed by atoms with Crippen LogP contribution < -0.4 is 5.32 Å². The van der Waals surface area contributed by atoms with E-state index in [1.165, 1.54) is 31.9 Å². The van der Waals surface area contributed by atoms with Crippen molar-refractivity contribution in [1.29, 1.82) is 0 Å². The summed E-state index contributed by atoms with van der Waals surface area (Å²) < 4.78 is 4.66. The minimum atomic E-state index is -0.247. The molecular formula is C17H29N3O3. The maximum atomic E-state index is 12.3. The molecule has 0 fully saturated rings. The number of amides is 2. The molecule has 6 heteroatoms. The summed E-state index contributed by atoms with van der Waals surface area (Å²) in [4.78, 5) is 25.9. The third kappa shape index (κ3) is 8.38. The Morgan fingerprint density at radius 1 is 1.13 bits per heavy atom. The molecule has 6 nitrogen and oxygen atoms in total. The van der Waals surface area contributed by atoms with Crippen molar-refractivity contribution in [2.24, 2.45) is 0 Å². The normalized spacial score (nSPS) is 10.5. The molecule has 0 atom stereocenters. The number of hydrogen-bond acceptors (Lipinski definition) is 4. The van der Waals surface area contributed by atoms with E-state index < -0.39 is 0 Å². The fraction of sp³-hybridized carbons (Fsp3) is 0.706. The van der Waals surface area contributed by atoms with Crippen molar-refractivity contribution in [2.75, 3.05) is 18.4 Å². The molecule has 23 heavy (non-hydrogen) atoms. The van der Waals surface area contributed by atoms with E-state index in [4.69, 9.17) is 0 Å². The molecule has 0 saturated heterocycles. The van der Waals surface area contributed by atoms with E-state index in [-0.39, 0.29) is 18.4 Å². The van der Waals surface area contributed by atoms with Crippen LogP contribution in [0.25, 0.3) is 0 Å². The highest BCUT2D eigenvalue weighted by Crippen LogP contribution is 2.09. The fourth-order valence-corrected chi connectivity index (χ4v) is 2.41. The standard InChI is InChI=1S/C17H29N3O3/c1-3-5-6-7-8-9-10-17(22)20(12-4-2)14-16(21)18-15-11-13-23-19-15/h11,13H,3-10,12,14H2,1-2H3,(H,18,19,21). The van der Waals surface area contributed by atoms with Gasteiger partial charge < -0.3 is 14.7 Å². The van der Waals surface area contributed by atoms with Crippen LogP contribution >= 0.6 is 0 Å². The average Bonchev–Trinajstić information content (AvgIpc) is 3.03. The maximum Gasteiger partial charge on any atom is 0.245 e. The quantitative estimate of drug-likeness (QED) is 0.596. The van der Waals surface area contributed by atoms with Gasteiger partial charge in [0, 0.05) is 19.0 Å². The summed E-state index contributed by atoms with van der Waals surface area (Å²) >= 11 is 0. The Balaban J connectivity index is 2.31. The molecule has 0 unspecified atom stereocenters. The van der Waals surface area contributed by atoms with Crippen LogP contribution in [0.5, 0.6) is 0 Å². The van der Waals surface area contributed by atoms with Crippen molar-refractivity contribution in [3.05, 3.63) is 12.3 Å². The SMILES string of the molecule is CCCCCCCCC(=O)N(CCC)CC(=O)Nc1ccon1. The summed E-state index contributed by atoms with van der Waals surface area (Å²) in [5, 5.41) is 6.25. The van der Waals surface area contributed by atoms with Gasteiger partial charge in [0.2, 0.25) is 11.8 Å². The number of rotatable bonds is 12. The predicted octanol–water partition coefficient (Wildman–Crippen LogP) is 3.60. The number of aromatic nitrogens is 1. The molecule has 1 aromatic heterocycles. The second-order valence-corrected chi connectivity index (χ2v) is 5.77. The van der Waals surface area contributed by atoms with Gasteiger partial charge in [-0.3, -0.25) is 9.59 Å². The lowest BCUT2D eigenvalue weighted by Crippen LogP contribution is -2.38. The van der Waals surface area contributed by atoms with Gasteiger partial charge in [-0.25, -0.2) is 0 Å². The van der Waals surface area contributed by atoms with E-state index in [1.54, 1.807) is 11.0 Å². The van der Waals surface area contributed by atoms with Gasteiger partial charge in [0.25, 0.3) is 0 Å². The molecule has 1 rings (SSSR count). The monoisotopic (exact) mass is 323 g/mol. The van der Waals surface area contributed by atoms with Gasteiger partial charge in [0.05, 0.1) is 6.54 Å². The van der Waals surface area contributed by atoms with Gasteiger partial charge in [-0.05, 0) is 12.8 Å². The van der Waals surface area contributed by atoms with Crippen molar-refractivity contribution >= 4 is 17.6 Å². The van der Waals surface area contributed by atoms with Crippen LogP contribution in [-0.2, 0) is 9.59 Å². The van der Waals surface area contributed by atoms with Crippen LogP contribution in [-0.4, -0.2) is 35.0 Å². The zero-order valence-corrected chi connectivity index (χ0v) is 14.3. The number of hydrogen-bond donors (Lipinski definition) is 1. The minimum absolute atomic E-state index is 0.0534. The lowest BCUT2D eigenvalue weighted by atomic mass is 10.1. The van der Waals surface area contributed by atoms with Crippen molar-refractivity contribution < 1.29 is 14.1 Å². The van der Waals surface area contributed by atoms with Crippen LogP contribution in [0.3, 0.4) is 0 Å². The summed E-state index contributed by atoms with van der Waals surface area (Å²) in [7, 11) is 0. The minimum Gasteiger partial charge on any atom is -0.363 e. The van der Waals surface area contributed by atoms with Crippen molar-refractivity contribution in [3.8, 4) is 0 Å². The van der Waals surface area contributed by atoms with Crippen LogP contribution in [0.2, 0.25) is 0 Å². The number of nitrogens with zero attached hydrogens (tertiary/aromatic N) is 2. The Labute approximate surface area is 138 Å². The van der Waals surface area contributed by atoms with E-state index in [9.17, 15) is 9.59 Å². The average molecular weight is 323 g/mol. The molecule has 1 N–H and O–H groups in total. The first-order valence-corrected chi connectivity index (χ1v) is 8.65. The summed E-state index contributed by atoms with van der Waals surface area (Å²) in [6.45, 7) is 4.85. The van der Waals surface area contributed by atoms with Gasteiger partial charge in [-0.1, -0.05) is 51.1 Å². The number of carbonyl (C=O) groups is 2. The Hall–Kier alpha value is -1.85. The molecular weight excluding hydrogens is 294 g/mol. The fourth-order valence-electron chi connectivity index (χ4n) is 2.41. The third-order valence-corrected chi connectivity index (χ3v) is 3.63. The third-order valence-electron chi connectivity index (χ3n) is 3.63. The number of unbranched alkanes of at least 4 members (excludes halogenated alkanes) is 5. The first kappa shape index (κ1) is 19.2. The highest BCUT2D eigenvalue weighted by Gasteiger charge is 2.16. The number of nitrogens with one attached hydrogen (secondary N) is 1. The molecule has 130 valence electrons. The van der Waals surface area contributed by atoms with Gasteiger partial charge in [0.1, 0.15) is 6.26 Å². The molecule has 1 aromatic rings. The summed E-state index contributed by atoms with van der Waals surface area (Å²) in [5.74, 6) is 0.177. The zero-order chi connectivity index (χ0) is 16.9. The Kier molecular flexibility index (Phi) is 9.75. The second-order valence-electron chi connectivity index (χ2n) is 5.77. The smallest absolute Gasteiger partial charge is 0.245 e. The van der Waals surface area contributed by atoms with Crippen molar-refractivity contribution in [3.63, 3.8) is 0 Å². The molecule has 0 saturated carbocycles. The van der Waals surface area contributed by atoms with Gasteiger partial charge in [-0.2, -0.15) is 0 Å². The predicted molar refractivity (Wildman–Crippen MR) is 90.0 cm³/mol. The number of carbonyl (C=O) groups excluding carboxylic acids is 2. The van der Waals surface area contributed by atoms with E-state index >= 15 is 0 Å². The van der Waals surface area contributed by atoms with Crippen molar-refractivity contribution in [2.45, 2.75) is 65.2 Å². The van der Waals surface area contributed by atoms with E-state index in [1.807, 2.05) is 6.92 Å². The molecule has 1 heterocycles. The first-order chi connectivity index (χ1) is 11.2. The maximum absolute atomic E-state index is 12.3. The zero-order valence-electron chi connectivity index (χ0n) is 14.3. The molecule has 0 radical (unpaired) electrons. The number of anilines is 1. The molecule has 0 bridgehead atoms. The van der Waals surface area contributed by atoms with Crippen LogP contribution in [0.1, 0.15) is 65.2 Å².